The quantitative estimate of drug-likeness (QED) is 0.582. The molecule has 0 radical (unpaired) electrons. The molecule has 0 saturated carbocycles. The molecule has 0 aliphatic carbocycles. The molecule has 0 bridgehead atoms. The second-order valence-electron chi connectivity index (χ2n) is 6.59. The van der Waals surface area contributed by atoms with Gasteiger partial charge in [-0.05, 0) is 36.1 Å². The summed E-state index contributed by atoms with van der Waals surface area (Å²) in [7, 11) is 0. The number of amides is 1. The van der Waals surface area contributed by atoms with Crippen LogP contribution in [0.15, 0.2) is 73.3 Å². The van der Waals surface area contributed by atoms with Crippen LogP contribution in [0.4, 0.5) is 5.69 Å². The molecule has 2 aromatic carbocycles. The van der Waals surface area contributed by atoms with Gasteiger partial charge in [0.2, 0.25) is 5.91 Å². The zero-order chi connectivity index (χ0) is 18.9. The molecule has 1 unspecified atom stereocenters. The molecule has 1 heterocycles. The number of carbonyl (C=O) groups is 1. The van der Waals surface area contributed by atoms with Gasteiger partial charge in [0.25, 0.3) is 0 Å². The molecule has 3 rings (SSSR count). The number of thioether (sulfide) groups is 1. The van der Waals surface area contributed by atoms with Crippen LogP contribution < -0.4 is 5.32 Å². The van der Waals surface area contributed by atoms with E-state index in [9.17, 15) is 4.79 Å². The van der Waals surface area contributed by atoms with Gasteiger partial charge in [-0.2, -0.15) is 11.8 Å². The standard InChI is InChI=1S/C22H25N3OS/c1-18(26)24-21-10-7-20(8-11-21)16-27-22(15-25-14-13-23-17-25)12-9-19-5-3-2-4-6-19/h2-8,10-11,13-14,17,22H,9,12,15-16H2,1H3,(H,24,26). The van der Waals surface area contributed by atoms with Gasteiger partial charge in [0.1, 0.15) is 0 Å². The lowest BCUT2D eigenvalue weighted by molar-refractivity contribution is -0.114. The van der Waals surface area contributed by atoms with E-state index in [1.165, 1.54) is 18.1 Å². The molecule has 27 heavy (non-hydrogen) atoms. The normalized spacial score (nSPS) is 11.9. The highest BCUT2D eigenvalue weighted by atomic mass is 32.2. The smallest absolute Gasteiger partial charge is 0.221 e. The summed E-state index contributed by atoms with van der Waals surface area (Å²) in [4.78, 5) is 15.3. The number of nitrogens with zero attached hydrogens (tertiary/aromatic N) is 2. The van der Waals surface area contributed by atoms with Crippen molar-refractivity contribution < 1.29 is 4.79 Å². The van der Waals surface area contributed by atoms with Crippen LogP contribution in [-0.4, -0.2) is 20.7 Å². The van der Waals surface area contributed by atoms with E-state index in [1.807, 2.05) is 42.6 Å². The zero-order valence-corrected chi connectivity index (χ0v) is 16.4. The van der Waals surface area contributed by atoms with Crippen LogP contribution in [0.25, 0.3) is 0 Å². The fraction of sp³-hybridized carbons (Fsp3) is 0.273. The SMILES string of the molecule is CC(=O)Nc1ccc(CSC(CCc2ccccc2)Cn2ccnc2)cc1. The highest BCUT2D eigenvalue weighted by molar-refractivity contribution is 7.99. The molecule has 0 spiro atoms. The van der Waals surface area contributed by atoms with Gasteiger partial charge in [0.15, 0.2) is 0 Å². The number of imidazole rings is 1. The van der Waals surface area contributed by atoms with Crippen LogP contribution in [0.2, 0.25) is 0 Å². The zero-order valence-electron chi connectivity index (χ0n) is 15.5. The predicted octanol–water partition coefficient (Wildman–Crippen LogP) is 4.78. The Bertz CT molecular complexity index is 817. The number of anilines is 1. The van der Waals surface area contributed by atoms with Crippen molar-refractivity contribution in [1.82, 2.24) is 9.55 Å². The van der Waals surface area contributed by atoms with Gasteiger partial charge >= 0.3 is 0 Å². The van der Waals surface area contributed by atoms with Gasteiger partial charge < -0.3 is 9.88 Å². The molecular weight excluding hydrogens is 354 g/mol. The molecular formula is C22H25N3OS. The second-order valence-corrected chi connectivity index (χ2v) is 7.88. The van der Waals surface area contributed by atoms with Crippen molar-refractivity contribution in [3.8, 4) is 0 Å². The summed E-state index contributed by atoms with van der Waals surface area (Å²) in [5, 5.41) is 3.32. The van der Waals surface area contributed by atoms with Crippen molar-refractivity contribution >= 4 is 23.4 Å². The average Bonchev–Trinajstić information content (AvgIpc) is 3.18. The Kier molecular flexibility index (Phi) is 7.11. The van der Waals surface area contributed by atoms with Crippen molar-refractivity contribution in [2.24, 2.45) is 0 Å². The summed E-state index contributed by atoms with van der Waals surface area (Å²) in [5.41, 5.74) is 3.49. The molecule has 1 N–H and O–H groups in total. The van der Waals surface area contributed by atoms with Crippen LogP contribution in [0.1, 0.15) is 24.5 Å². The first-order valence-electron chi connectivity index (χ1n) is 9.17. The van der Waals surface area contributed by atoms with Gasteiger partial charge in [0, 0.05) is 42.6 Å². The maximum Gasteiger partial charge on any atom is 0.221 e. The lowest BCUT2D eigenvalue weighted by Gasteiger charge is -2.17. The first-order valence-corrected chi connectivity index (χ1v) is 10.2. The first-order chi connectivity index (χ1) is 13.2. The number of aryl methyl sites for hydroxylation is 1. The van der Waals surface area contributed by atoms with Crippen molar-refractivity contribution in [1.29, 1.82) is 0 Å². The summed E-state index contributed by atoms with van der Waals surface area (Å²) in [5.74, 6) is 0.910. The molecule has 5 heteroatoms. The Labute approximate surface area is 165 Å². The second kappa shape index (κ2) is 9.97. The Morgan fingerprint density at radius 3 is 2.56 bits per heavy atom. The average molecular weight is 380 g/mol. The van der Waals surface area contributed by atoms with Crippen molar-refractivity contribution in [3.63, 3.8) is 0 Å². The van der Waals surface area contributed by atoms with E-state index in [2.05, 4.69) is 57.3 Å². The lowest BCUT2D eigenvalue weighted by Crippen LogP contribution is -2.13. The van der Waals surface area contributed by atoms with E-state index in [0.717, 1.165) is 30.8 Å². The molecule has 4 nitrogen and oxygen atoms in total. The lowest BCUT2D eigenvalue weighted by atomic mass is 10.1. The molecule has 140 valence electrons. The van der Waals surface area contributed by atoms with Crippen LogP contribution in [0, 0.1) is 0 Å². The monoisotopic (exact) mass is 379 g/mol. The van der Waals surface area contributed by atoms with E-state index in [-0.39, 0.29) is 5.91 Å². The van der Waals surface area contributed by atoms with E-state index in [1.54, 1.807) is 0 Å². The number of hydrogen-bond donors (Lipinski definition) is 1. The number of nitrogens with one attached hydrogen (secondary N) is 1. The minimum absolute atomic E-state index is 0.0431. The largest absolute Gasteiger partial charge is 0.336 e. The Hall–Kier alpha value is -2.53. The summed E-state index contributed by atoms with van der Waals surface area (Å²) >= 11 is 1.98. The fourth-order valence-corrected chi connectivity index (χ4v) is 4.11. The van der Waals surface area contributed by atoms with Crippen molar-refractivity contribution in [2.75, 3.05) is 5.32 Å². The van der Waals surface area contributed by atoms with Crippen LogP contribution in [-0.2, 0) is 23.5 Å². The fourth-order valence-electron chi connectivity index (χ4n) is 2.93. The van der Waals surface area contributed by atoms with E-state index >= 15 is 0 Å². The molecule has 3 aromatic rings. The third-order valence-electron chi connectivity index (χ3n) is 4.33. The van der Waals surface area contributed by atoms with Crippen LogP contribution in [0.5, 0.6) is 0 Å². The van der Waals surface area contributed by atoms with Crippen molar-refractivity contribution in [3.05, 3.63) is 84.4 Å². The maximum atomic E-state index is 11.1. The summed E-state index contributed by atoms with van der Waals surface area (Å²) < 4.78 is 2.16. The predicted molar refractivity (Wildman–Crippen MR) is 113 cm³/mol. The van der Waals surface area contributed by atoms with Gasteiger partial charge in [-0.3, -0.25) is 4.79 Å². The third-order valence-corrected chi connectivity index (χ3v) is 5.69. The maximum absolute atomic E-state index is 11.1. The molecule has 0 fully saturated rings. The Balaban J connectivity index is 1.57. The number of rotatable bonds is 9. The van der Waals surface area contributed by atoms with Crippen LogP contribution >= 0.6 is 11.8 Å². The van der Waals surface area contributed by atoms with E-state index in [0.29, 0.717) is 5.25 Å². The Morgan fingerprint density at radius 2 is 1.89 bits per heavy atom. The summed E-state index contributed by atoms with van der Waals surface area (Å²) in [6, 6.07) is 18.8. The minimum atomic E-state index is -0.0431. The van der Waals surface area contributed by atoms with Gasteiger partial charge in [0.05, 0.1) is 6.33 Å². The summed E-state index contributed by atoms with van der Waals surface area (Å²) in [6.45, 7) is 2.48. The molecule has 1 atom stereocenters. The molecule has 0 aliphatic rings. The van der Waals surface area contributed by atoms with Gasteiger partial charge in [-0.15, -0.1) is 0 Å². The highest BCUT2D eigenvalue weighted by Crippen LogP contribution is 2.24. The molecule has 0 aliphatic heterocycles. The number of benzene rings is 2. The Morgan fingerprint density at radius 1 is 1.11 bits per heavy atom. The minimum Gasteiger partial charge on any atom is -0.336 e. The van der Waals surface area contributed by atoms with Crippen molar-refractivity contribution in [2.45, 2.75) is 37.3 Å². The highest BCUT2D eigenvalue weighted by Gasteiger charge is 2.11. The number of carbonyl (C=O) groups excluding carboxylic acids is 1. The van der Waals surface area contributed by atoms with E-state index < -0.39 is 0 Å². The number of hydrogen-bond acceptors (Lipinski definition) is 3. The molecule has 1 amide bonds. The third kappa shape index (κ3) is 6.61. The van der Waals surface area contributed by atoms with Gasteiger partial charge in [-0.25, -0.2) is 4.98 Å². The van der Waals surface area contributed by atoms with Gasteiger partial charge in [-0.1, -0.05) is 42.5 Å². The van der Waals surface area contributed by atoms with Crippen LogP contribution in [0.3, 0.4) is 0 Å². The van der Waals surface area contributed by atoms with E-state index in [4.69, 9.17) is 0 Å². The molecule has 0 saturated heterocycles. The first kappa shape index (κ1) is 19.2. The molecule has 1 aromatic heterocycles. The topological polar surface area (TPSA) is 46.9 Å². The number of aromatic nitrogens is 2. The summed E-state index contributed by atoms with van der Waals surface area (Å²) in [6.07, 6.45) is 7.95.